The Morgan fingerprint density at radius 3 is 2.66 bits per heavy atom. The Morgan fingerprint density at radius 2 is 1.93 bits per heavy atom. The van der Waals surface area contributed by atoms with Gasteiger partial charge >= 0.3 is 0 Å². The SMILES string of the molecule is Cn1cc(-c2ccc3c(c2)C(=O)CC2(CCN(C(=O)c4cc(-c5nnn[nH]5)c5ccn(C6CC6)c5c4)CC2)O3)cn1. The van der Waals surface area contributed by atoms with Crippen LogP contribution < -0.4 is 4.74 Å². The second kappa shape index (κ2) is 8.85. The van der Waals surface area contributed by atoms with Crippen molar-refractivity contribution in [3.63, 3.8) is 0 Å². The fraction of sp³-hybridized carbons (Fsp3) is 0.333. The summed E-state index contributed by atoms with van der Waals surface area (Å²) in [5.74, 6) is 1.19. The van der Waals surface area contributed by atoms with Crippen molar-refractivity contribution in [2.24, 2.45) is 7.05 Å². The molecule has 5 aromatic rings. The normalized spacial score (nSPS) is 18.1. The molecule has 1 amide bonds. The summed E-state index contributed by atoms with van der Waals surface area (Å²) in [5, 5.41) is 19.7. The lowest BCUT2D eigenvalue weighted by Gasteiger charge is -2.44. The smallest absolute Gasteiger partial charge is 0.253 e. The van der Waals surface area contributed by atoms with Gasteiger partial charge < -0.3 is 14.2 Å². The highest BCUT2D eigenvalue weighted by molar-refractivity contribution is 6.04. The fourth-order valence-electron chi connectivity index (χ4n) is 6.35. The third-order valence-corrected chi connectivity index (χ3v) is 8.72. The number of aromatic nitrogens is 7. The number of nitrogens with zero attached hydrogens (tertiary/aromatic N) is 7. The minimum Gasteiger partial charge on any atom is -0.486 e. The molecule has 1 aliphatic carbocycles. The molecule has 0 radical (unpaired) electrons. The predicted molar refractivity (Wildman–Crippen MR) is 149 cm³/mol. The van der Waals surface area contributed by atoms with Gasteiger partial charge in [-0.3, -0.25) is 14.3 Å². The number of ketones is 1. The number of likely N-dealkylation sites (tertiary alicyclic amines) is 1. The topological polar surface area (TPSA) is 124 Å². The van der Waals surface area contributed by atoms with Gasteiger partial charge in [0.1, 0.15) is 11.4 Å². The number of carbonyl (C=O) groups is 2. The summed E-state index contributed by atoms with van der Waals surface area (Å²) < 4.78 is 10.5. The number of fused-ring (bicyclic) bond motifs is 2. The summed E-state index contributed by atoms with van der Waals surface area (Å²) >= 11 is 0. The molecule has 0 atom stereocenters. The van der Waals surface area contributed by atoms with Gasteiger partial charge in [-0.15, -0.1) is 5.10 Å². The van der Waals surface area contributed by atoms with Gasteiger partial charge in [-0.2, -0.15) is 5.10 Å². The Labute approximate surface area is 235 Å². The summed E-state index contributed by atoms with van der Waals surface area (Å²) in [6.07, 6.45) is 9.57. The number of aromatic amines is 1. The Morgan fingerprint density at radius 1 is 1.07 bits per heavy atom. The Hall–Kier alpha value is -4.80. The van der Waals surface area contributed by atoms with E-state index in [0.29, 0.717) is 61.1 Å². The van der Waals surface area contributed by atoms with Crippen molar-refractivity contribution in [3.05, 3.63) is 66.1 Å². The molecule has 41 heavy (non-hydrogen) atoms. The maximum Gasteiger partial charge on any atom is 0.253 e. The number of rotatable bonds is 4. The lowest BCUT2D eigenvalue weighted by atomic mass is 9.82. The van der Waals surface area contributed by atoms with Crippen LogP contribution in [-0.4, -0.2) is 70.3 Å². The largest absolute Gasteiger partial charge is 0.486 e. The van der Waals surface area contributed by atoms with Crippen molar-refractivity contribution < 1.29 is 14.3 Å². The molecule has 0 bridgehead atoms. The number of Topliss-reactive ketones (excluding diaryl/α,β-unsaturated/α-hetero) is 1. The first kappa shape index (κ1) is 24.0. The molecule has 2 fully saturated rings. The molecular formula is C30H28N8O3. The van der Waals surface area contributed by atoms with Crippen LogP contribution in [0.1, 0.15) is 58.9 Å². The average Bonchev–Trinajstić information content (AvgIpc) is 3.34. The van der Waals surface area contributed by atoms with Crippen LogP contribution in [-0.2, 0) is 7.05 Å². The van der Waals surface area contributed by atoms with E-state index in [4.69, 9.17) is 4.74 Å². The second-order valence-corrected chi connectivity index (χ2v) is 11.5. The van der Waals surface area contributed by atoms with E-state index in [1.165, 1.54) is 0 Å². The Balaban J connectivity index is 1.04. The molecule has 11 heteroatoms. The molecule has 1 saturated carbocycles. The zero-order valence-corrected chi connectivity index (χ0v) is 22.6. The highest BCUT2D eigenvalue weighted by atomic mass is 16.5. The van der Waals surface area contributed by atoms with Crippen molar-refractivity contribution in [1.29, 1.82) is 0 Å². The van der Waals surface area contributed by atoms with Gasteiger partial charge in [0.25, 0.3) is 5.91 Å². The molecule has 0 unspecified atom stereocenters. The maximum absolute atomic E-state index is 13.8. The van der Waals surface area contributed by atoms with Crippen molar-refractivity contribution in [3.8, 4) is 28.3 Å². The molecule has 1 N–H and O–H groups in total. The number of piperidine rings is 1. The van der Waals surface area contributed by atoms with Crippen LogP contribution >= 0.6 is 0 Å². The van der Waals surface area contributed by atoms with Gasteiger partial charge in [-0.25, -0.2) is 5.10 Å². The molecule has 5 heterocycles. The predicted octanol–water partition coefficient (Wildman–Crippen LogP) is 4.20. The van der Waals surface area contributed by atoms with E-state index >= 15 is 0 Å². The van der Waals surface area contributed by atoms with Crippen LogP contribution in [0.15, 0.2) is 55.0 Å². The number of carbonyl (C=O) groups excluding carboxylic acids is 2. The number of tetrazole rings is 1. The second-order valence-electron chi connectivity index (χ2n) is 11.5. The summed E-state index contributed by atoms with van der Waals surface area (Å²) in [4.78, 5) is 29.0. The van der Waals surface area contributed by atoms with Crippen molar-refractivity contribution in [2.75, 3.05) is 13.1 Å². The van der Waals surface area contributed by atoms with E-state index in [2.05, 4.69) is 42.6 Å². The van der Waals surface area contributed by atoms with E-state index in [9.17, 15) is 9.59 Å². The fourth-order valence-corrected chi connectivity index (χ4v) is 6.35. The quantitative estimate of drug-likeness (QED) is 0.357. The minimum atomic E-state index is -0.599. The summed E-state index contributed by atoms with van der Waals surface area (Å²) in [7, 11) is 1.87. The Kier molecular flexibility index (Phi) is 5.19. The summed E-state index contributed by atoms with van der Waals surface area (Å²) in [5.41, 5.74) is 4.34. The van der Waals surface area contributed by atoms with Crippen LogP contribution in [0.4, 0.5) is 0 Å². The molecule has 3 aromatic heterocycles. The number of benzene rings is 2. The third-order valence-electron chi connectivity index (χ3n) is 8.72. The van der Waals surface area contributed by atoms with Crippen molar-refractivity contribution in [1.82, 2.24) is 39.9 Å². The first-order valence-corrected chi connectivity index (χ1v) is 14.0. The van der Waals surface area contributed by atoms with Gasteiger partial charge in [0.2, 0.25) is 0 Å². The molecule has 11 nitrogen and oxygen atoms in total. The van der Waals surface area contributed by atoms with Crippen molar-refractivity contribution >= 4 is 22.6 Å². The molecule has 2 aliphatic heterocycles. The van der Waals surface area contributed by atoms with Gasteiger partial charge in [0, 0.05) is 79.0 Å². The van der Waals surface area contributed by atoms with E-state index in [0.717, 1.165) is 40.4 Å². The molecule has 2 aromatic carbocycles. The highest BCUT2D eigenvalue weighted by Crippen LogP contribution is 2.42. The van der Waals surface area contributed by atoms with Crippen molar-refractivity contribution in [2.45, 2.75) is 43.7 Å². The molecule has 1 saturated heterocycles. The summed E-state index contributed by atoms with van der Waals surface area (Å²) in [6.45, 7) is 1.02. The zero-order valence-electron chi connectivity index (χ0n) is 22.6. The first-order chi connectivity index (χ1) is 20.0. The number of ether oxygens (including phenoxy) is 1. The van der Waals surface area contributed by atoms with Crippen LogP contribution in [0.25, 0.3) is 33.4 Å². The zero-order chi connectivity index (χ0) is 27.7. The van der Waals surface area contributed by atoms with E-state index in [1.807, 2.05) is 48.5 Å². The van der Waals surface area contributed by atoms with Gasteiger partial charge in [-0.05, 0) is 59.2 Å². The lowest BCUT2D eigenvalue weighted by Crippen LogP contribution is -2.52. The molecule has 206 valence electrons. The minimum absolute atomic E-state index is 0.0392. The monoisotopic (exact) mass is 548 g/mol. The Bertz CT molecular complexity index is 1820. The number of H-pyrrole nitrogens is 1. The highest BCUT2D eigenvalue weighted by Gasteiger charge is 2.44. The van der Waals surface area contributed by atoms with E-state index in [-0.39, 0.29) is 11.7 Å². The third kappa shape index (κ3) is 4.02. The van der Waals surface area contributed by atoms with Crippen LogP contribution in [0, 0.1) is 0 Å². The van der Waals surface area contributed by atoms with Gasteiger partial charge in [0.05, 0.1) is 18.2 Å². The molecular weight excluding hydrogens is 520 g/mol. The van der Waals surface area contributed by atoms with Gasteiger partial charge in [0.15, 0.2) is 11.6 Å². The number of nitrogens with one attached hydrogen (secondary N) is 1. The average molecular weight is 549 g/mol. The number of aryl methyl sites for hydroxylation is 1. The standard InChI is InChI=1S/C30H28N8O3/c1-36-17-20(16-31-36)18-2-5-27-24(12-18)26(39)15-30(41-27)7-10-37(11-8-30)29(40)19-13-23(28-32-34-35-33-28)22-6-9-38(21-3-4-21)25(22)14-19/h2,5-6,9,12-14,16-17,21H,3-4,7-8,10-11,15H2,1H3,(H,32,33,34,35). The number of hydrogen-bond donors (Lipinski definition) is 1. The lowest BCUT2D eigenvalue weighted by molar-refractivity contribution is -0.00569. The number of hydrogen-bond acceptors (Lipinski definition) is 7. The maximum atomic E-state index is 13.8. The van der Waals surface area contributed by atoms with E-state index in [1.54, 1.807) is 10.9 Å². The summed E-state index contributed by atoms with van der Waals surface area (Å²) in [6, 6.07) is 12.2. The van der Waals surface area contributed by atoms with Gasteiger partial charge in [-0.1, -0.05) is 6.07 Å². The molecule has 3 aliphatic rings. The van der Waals surface area contributed by atoms with Crippen LogP contribution in [0.2, 0.25) is 0 Å². The molecule has 1 spiro atoms. The molecule has 8 rings (SSSR count). The van der Waals surface area contributed by atoms with E-state index < -0.39 is 5.60 Å². The number of amides is 1. The first-order valence-electron chi connectivity index (χ1n) is 14.0. The van der Waals surface area contributed by atoms with Crippen LogP contribution in [0.5, 0.6) is 5.75 Å². The van der Waals surface area contributed by atoms with Crippen LogP contribution in [0.3, 0.4) is 0 Å².